The average Bonchev–Trinajstić information content (AvgIpc) is 2.04. The van der Waals surface area contributed by atoms with E-state index in [1.807, 2.05) is 6.07 Å². The first kappa shape index (κ1) is 7.66. The molecule has 1 aromatic carbocycles. The Hall–Kier alpha value is -0.980. The van der Waals surface area contributed by atoms with Crippen molar-refractivity contribution in [1.29, 1.82) is 0 Å². The molecule has 1 aromatic rings. The van der Waals surface area contributed by atoms with Crippen LogP contribution in [0.15, 0.2) is 18.2 Å². The summed E-state index contributed by atoms with van der Waals surface area (Å²) in [6.07, 6.45) is 3.82. The van der Waals surface area contributed by atoms with Gasteiger partial charge in [0, 0.05) is 5.69 Å². The lowest BCUT2D eigenvalue weighted by molar-refractivity contribution is 0.592. The number of nitrogen functional groups attached to an aromatic ring is 1. The molecule has 0 aliphatic heterocycles. The lowest BCUT2D eigenvalue weighted by Crippen LogP contribution is -2.09. The maximum Gasteiger partial charge on any atom is 0.0352 e. The van der Waals surface area contributed by atoms with E-state index in [1.165, 1.54) is 30.4 Å². The highest BCUT2D eigenvalue weighted by molar-refractivity contribution is 5.53. The topological polar surface area (TPSA) is 26.0 Å². The molecule has 1 atom stereocenters. The molecule has 0 fully saturated rings. The second kappa shape index (κ2) is 2.81. The third-order valence-corrected chi connectivity index (χ3v) is 2.81. The molecule has 0 bridgehead atoms. The highest BCUT2D eigenvalue weighted by atomic mass is 14.6. The Bertz CT molecular complexity index is 291. The molecule has 1 aliphatic rings. The van der Waals surface area contributed by atoms with Gasteiger partial charge in [-0.25, -0.2) is 0 Å². The number of hydrogen-bond acceptors (Lipinski definition) is 1. The summed E-state index contributed by atoms with van der Waals surface area (Å²) in [7, 11) is 0. The number of fused-ring (bicyclic) bond motifs is 1. The molecule has 0 radical (unpaired) electrons. The Balaban J connectivity index is 2.53. The molecule has 1 aliphatic carbocycles. The Morgan fingerprint density at radius 3 is 3.00 bits per heavy atom. The van der Waals surface area contributed by atoms with Gasteiger partial charge in [0.1, 0.15) is 0 Å². The SMILES string of the molecule is C[C@@H]1CCCc2cccc(N)c21. The minimum absolute atomic E-state index is 0.662. The Kier molecular flexibility index (Phi) is 1.80. The maximum atomic E-state index is 5.93. The van der Waals surface area contributed by atoms with E-state index in [1.54, 1.807) is 0 Å². The monoisotopic (exact) mass is 161 g/mol. The lowest BCUT2D eigenvalue weighted by Gasteiger charge is -2.23. The van der Waals surface area contributed by atoms with Gasteiger partial charge in [-0.15, -0.1) is 0 Å². The van der Waals surface area contributed by atoms with Crippen molar-refractivity contribution in [1.82, 2.24) is 0 Å². The molecule has 0 aromatic heterocycles. The van der Waals surface area contributed by atoms with Crippen molar-refractivity contribution in [2.24, 2.45) is 0 Å². The molecule has 12 heavy (non-hydrogen) atoms. The van der Waals surface area contributed by atoms with Crippen LogP contribution >= 0.6 is 0 Å². The minimum atomic E-state index is 0.662. The molecular weight excluding hydrogens is 146 g/mol. The minimum Gasteiger partial charge on any atom is -0.398 e. The Labute approximate surface area is 73.6 Å². The van der Waals surface area contributed by atoms with Crippen LogP contribution in [0, 0.1) is 0 Å². The van der Waals surface area contributed by atoms with Gasteiger partial charge in [-0.05, 0) is 42.4 Å². The Morgan fingerprint density at radius 1 is 1.42 bits per heavy atom. The average molecular weight is 161 g/mol. The third-order valence-electron chi connectivity index (χ3n) is 2.81. The van der Waals surface area contributed by atoms with Crippen LogP contribution in [0.2, 0.25) is 0 Å². The molecule has 1 nitrogen and oxygen atoms in total. The Morgan fingerprint density at radius 2 is 2.25 bits per heavy atom. The van der Waals surface area contributed by atoms with E-state index in [-0.39, 0.29) is 0 Å². The highest BCUT2D eigenvalue weighted by Gasteiger charge is 2.17. The maximum absolute atomic E-state index is 5.93. The molecule has 0 spiro atoms. The number of aryl methyl sites for hydroxylation is 1. The fourth-order valence-corrected chi connectivity index (χ4v) is 2.19. The predicted molar refractivity (Wildman–Crippen MR) is 52.2 cm³/mol. The summed E-state index contributed by atoms with van der Waals surface area (Å²) in [5, 5.41) is 0. The quantitative estimate of drug-likeness (QED) is 0.582. The predicted octanol–water partition coefficient (Wildman–Crippen LogP) is 2.71. The summed E-state index contributed by atoms with van der Waals surface area (Å²) in [5.41, 5.74) is 9.79. The van der Waals surface area contributed by atoms with Gasteiger partial charge in [-0.3, -0.25) is 0 Å². The van der Waals surface area contributed by atoms with Crippen molar-refractivity contribution in [3.8, 4) is 0 Å². The lowest BCUT2D eigenvalue weighted by atomic mass is 9.83. The summed E-state index contributed by atoms with van der Waals surface area (Å²) in [6.45, 7) is 2.27. The second-order valence-corrected chi connectivity index (χ2v) is 3.71. The summed E-state index contributed by atoms with van der Waals surface area (Å²) < 4.78 is 0. The number of hydrogen-bond donors (Lipinski definition) is 1. The van der Waals surface area contributed by atoms with Crippen LogP contribution in [-0.4, -0.2) is 0 Å². The van der Waals surface area contributed by atoms with Crippen LogP contribution < -0.4 is 5.73 Å². The van der Waals surface area contributed by atoms with E-state index < -0.39 is 0 Å². The van der Waals surface area contributed by atoms with Crippen molar-refractivity contribution in [3.63, 3.8) is 0 Å². The molecule has 2 N–H and O–H groups in total. The molecular formula is C11H15N. The van der Waals surface area contributed by atoms with E-state index in [0.717, 1.165) is 5.69 Å². The van der Waals surface area contributed by atoms with Crippen molar-refractivity contribution < 1.29 is 0 Å². The van der Waals surface area contributed by atoms with Gasteiger partial charge >= 0.3 is 0 Å². The zero-order valence-electron chi connectivity index (χ0n) is 7.51. The first-order valence-corrected chi connectivity index (χ1v) is 4.66. The number of nitrogens with two attached hydrogens (primary N) is 1. The van der Waals surface area contributed by atoms with Crippen LogP contribution in [0.5, 0.6) is 0 Å². The number of benzene rings is 1. The standard InChI is InChI=1S/C11H15N/c1-8-4-2-5-9-6-3-7-10(12)11(8)9/h3,6-8H,2,4-5,12H2,1H3/t8-/m1/s1. The van der Waals surface area contributed by atoms with Crippen LogP contribution in [0.25, 0.3) is 0 Å². The largest absolute Gasteiger partial charge is 0.398 e. The van der Waals surface area contributed by atoms with Crippen LogP contribution in [0.4, 0.5) is 5.69 Å². The number of anilines is 1. The zero-order chi connectivity index (χ0) is 8.55. The summed E-state index contributed by atoms with van der Waals surface area (Å²) in [5.74, 6) is 0.662. The molecule has 0 unspecified atom stereocenters. The van der Waals surface area contributed by atoms with Gasteiger partial charge in [0.05, 0.1) is 0 Å². The van der Waals surface area contributed by atoms with Crippen LogP contribution in [0.1, 0.15) is 36.8 Å². The summed E-state index contributed by atoms with van der Waals surface area (Å²) >= 11 is 0. The molecule has 0 saturated carbocycles. The van der Waals surface area contributed by atoms with Crippen LogP contribution in [-0.2, 0) is 6.42 Å². The fraction of sp³-hybridized carbons (Fsp3) is 0.455. The van der Waals surface area contributed by atoms with Gasteiger partial charge in [0.2, 0.25) is 0 Å². The van der Waals surface area contributed by atoms with Crippen molar-refractivity contribution in [2.75, 3.05) is 5.73 Å². The van der Waals surface area contributed by atoms with Gasteiger partial charge in [0.25, 0.3) is 0 Å². The van der Waals surface area contributed by atoms with Crippen molar-refractivity contribution in [2.45, 2.75) is 32.1 Å². The molecule has 64 valence electrons. The van der Waals surface area contributed by atoms with E-state index in [4.69, 9.17) is 5.73 Å². The molecule has 0 amide bonds. The molecule has 2 rings (SSSR count). The zero-order valence-corrected chi connectivity index (χ0v) is 7.51. The second-order valence-electron chi connectivity index (χ2n) is 3.71. The van der Waals surface area contributed by atoms with E-state index in [9.17, 15) is 0 Å². The third kappa shape index (κ3) is 1.09. The van der Waals surface area contributed by atoms with Gasteiger partial charge in [-0.2, -0.15) is 0 Å². The van der Waals surface area contributed by atoms with Gasteiger partial charge in [0.15, 0.2) is 0 Å². The van der Waals surface area contributed by atoms with Crippen LogP contribution in [0.3, 0.4) is 0 Å². The first-order chi connectivity index (χ1) is 5.79. The summed E-state index contributed by atoms with van der Waals surface area (Å²) in [6, 6.07) is 6.29. The van der Waals surface area contributed by atoms with E-state index in [2.05, 4.69) is 19.1 Å². The van der Waals surface area contributed by atoms with Crippen molar-refractivity contribution >= 4 is 5.69 Å². The van der Waals surface area contributed by atoms with E-state index in [0.29, 0.717) is 5.92 Å². The summed E-state index contributed by atoms with van der Waals surface area (Å²) in [4.78, 5) is 0. The molecule has 0 heterocycles. The van der Waals surface area contributed by atoms with Crippen molar-refractivity contribution in [3.05, 3.63) is 29.3 Å². The van der Waals surface area contributed by atoms with Gasteiger partial charge < -0.3 is 5.73 Å². The van der Waals surface area contributed by atoms with E-state index >= 15 is 0 Å². The molecule has 0 saturated heterocycles. The fourth-order valence-electron chi connectivity index (χ4n) is 2.19. The first-order valence-electron chi connectivity index (χ1n) is 4.66. The smallest absolute Gasteiger partial charge is 0.0352 e. The molecule has 1 heteroatoms. The highest BCUT2D eigenvalue weighted by Crippen LogP contribution is 2.34. The van der Waals surface area contributed by atoms with Gasteiger partial charge in [-0.1, -0.05) is 19.1 Å². The number of rotatable bonds is 0. The normalized spacial score (nSPS) is 21.9.